The topological polar surface area (TPSA) is 29.3 Å². The minimum absolute atomic E-state index is 0.146. The van der Waals surface area contributed by atoms with Crippen LogP contribution in [0.5, 0.6) is 0 Å². The molecule has 0 radical (unpaired) electrons. The van der Waals surface area contributed by atoms with Gasteiger partial charge in [0.15, 0.2) is 11.6 Å². The van der Waals surface area contributed by atoms with Crippen molar-refractivity contribution in [3.63, 3.8) is 0 Å². The Labute approximate surface area is 117 Å². The van der Waals surface area contributed by atoms with E-state index in [-0.39, 0.29) is 18.2 Å². The number of nitrogens with zero attached hydrogens (tertiary/aromatic N) is 1. The molecular weight excluding hydrogens is 265 g/mol. The molecule has 0 bridgehead atoms. The highest BCUT2D eigenvalue weighted by molar-refractivity contribution is 5.24. The summed E-state index contributed by atoms with van der Waals surface area (Å²) < 4.78 is 40.4. The molecule has 5 heteroatoms. The van der Waals surface area contributed by atoms with Gasteiger partial charge in [0.25, 0.3) is 0 Å². The fraction of sp³-hybridized carbons (Fsp3) is 0.600. The number of likely N-dealkylation sites (tertiary alicyclic amines) is 1. The van der Waals surface area contributed by atoms with E-state index in [0.717, 1.165) is 25.5 Å². The summed E-state index contributed by atoms with van der Waals surface area (Å²) in [6, 6.07) is 1.38. The predicted molar refractivity (Wildman–Crippen MR) is 72.7 cm³/mol. The van der Waals surface area contributed by atoms with Crippen LogP contribution in [0.1, 0.15) is 38.3 Å². The van der Waals surface area contributed by atoms with Crippen molar-refractivity contribution in [3.05, 3.63) is 35.1 Å². The summed E-state index contributed by atoms with van der Waals surface area (Å²) >= 11 is 0. The molecule has 0 spiro atoms. The van der Waals surface area contributed by atoms with Crippen molar-refractivity contribution in [2.45, 2.75) is 38.8 Å². The summed E-state index contributed by atoms with van der Waals surface area (Å²) in [5.41, 5.74) is 5.91. The standard InChI is InChI=1S/C15H21F3N2/c1-9-3-4-20(10(2)5-9)15(8-19)11-6-13(17)14(18)7-12(11)16/h6-7,9-10,15H,3-5,8,19H2,1-2H3. The van der Waals surface area contributed by atoms with Gasteiger partial charge < -0.3 is 5.73 Å². The first-order valence-electron chi connectivity index (χ1n) is 7.04. The first-order valence-corrected chi connectivity index (χ1v) is 7.04. The zero-order valence-corrected chi connectivity index (χ0v) is 11.9. The number of piperidine rings is 1. The van der Waals surface area contributed by atoms with Crippen LogP contribution in [-0.4, -0.2) is 24.0 Å². The van der Waals surface area contributed by atoms with Crippen LogP contribution in [0.25, 0.3) is 0 Å². The molecule has 0 aliphatic carbocycles. The Kier molecular flexibility index (Phi) is 4.70. The van der Waals surface area contributed by atoms with Crippen LogP contribution in [0.3, 0.4) is 0 Å². The van der Waals surface area contributed by atoms with E-state index in [2.05, 4.69) is 18.7 Å². The average molecular weight is 286 g/mol. The van der Waals surface area contributed by atoms with Gasteiger partial charge in [-0.3, -0.25) is 4.90 Å². The lowest BCUT2D eigenvalue weighted by Gasteiger charge is -2.41. The van der Waals surface area contributed by atoms with Crippen LogP contribution < -0.4 is 5.73 Å². The molecule has 0 amide bonds. The van der Waals surface area contributed by atoms with Crippen molar-refractivity contribution in [2.24, 2.45) is 11.7 Å². The maximum Gasteiger partial charge on any atom is 0.161 e. The van der Waals surface area contributed by atoms with E-state index in [4.69, 9.17) is 5.73 Å². The summed E-state index contributed by atoms with van der Waals surface area (Å²) in [4.78, 5) is 2.09. The average Bonchev–Trinajstić information content (AvgIpc) is 2.38. The van der Waals surface area contributed by atoms with Gasteiger partial charge in [0.05, 0.1) is 6.04 Å². The number of rotatable bonds is 3. The highest BCUT2D eigenvalue weighted by atomic mass is 19.2. The summed E-state index contributed by atoms with van der Waals surface area (Å²) in [7, 11) is 0. The number of halogens is 3. The smallest absolute Gasteiger partial charge is 0.161 e. The van der Waals surface area contributed by atoms with Crippen LogP contribution in [0.2, 0.25) is 0 Å². The van der Waals surface area contributed by atoms with Gasteiger partial charge in [-0.2, -0.15) is 0 Å². The lowest BCUT2D eigenvalue weighted by atomic mass is 9.90. The molecule has 1 aromatic rings. The lowest BCUT2D eigenvalue weighted by molar-refractivity contribution is 0.0828. The van der Waals surface area contributed by atoms with Crippen LogP contribution in [0, 0.1) is 23.4 Å². The molecule has 1 heterocycles. The molecule has 1 aromatic carbocycles. The van der Waals surface area contributed by atoms with Gasteiger partial charge in [-0.05, 0) is 38.3 Å². The van der Waals surface area contributed by atoms with E-state index in [1.165, 1.54) is 0 Å². The summed E-state index contributed by atoms with van der Waals surface area (Å²) in [5.74, 6) is -2.31. The van der Waals surface area contributed by atoms with Crippen molar-refractivity contribution < 1.29 is 13.2 Å². The van der Waals surface area contributed by atoms with Gasteiger partial charge in [0.2, 0.25) is 0 Å². The first kappa shape index (κ1) is 15.3. The molecule has 2 nitrogen and oxygen atoms in total. The number of nitrogens with two attached hydrogens (primary N) is 1. The third kappa shape index (κ3) is 2.99. The van der Waals surface area contributed by atoms with E-state index < -0.39 is 23.5 Å². The second kappa shape index (κ2) is 6.14. The molecule has 0 saturated carbocycles. The fourth-order valence-electron chi connectivity index (χ4n) is 3.12. The molecule has 3 unspecified atom stereocenters. The Morgan fingerprint density at radius 2 is 1.85 bits per heavy atom. The molecule has 1 aliphatic rings. The van der Waals surface area contributed by atoms with E-state index >= 15 is 0 Å². The van der Waals surface area contributed by atoms with Crippen molar-refractivity contribution in [1.29, 1.82) is 0 Å². The van der Waals surface area contributed by atoms with Crippen molar-refractivity contribution >= 4 is 0 Å². The van der Waals surface area contributed by atoms with Crippen molar-refractivity contribution in [2.75, 3.05) is 13.1 Å². The Hall–Kier alpha value is -1.07. The zero-order chi connectivity index (χ0) is 14.9. The Bertz CT molecular complexity index is 478. The van der Waals surface area contributed by atoms with Crippen LogP contribution in [-0.2, 0) is 0 Å². The highest BCUT2D eigenvalue weighted by Crippen LogP contribution is 2.32. The van der Waals surface area contributed by atoms with Crippen LogP contribution in [0.4, 0.5) is 13.2 Å². The van der Waals surface area contributed by atoms with Crippen molar-refractivity contribution in [1.82, 2.24) is 4.90 Å². The lowest BCUT2D eigenvalue weighted by Crippen LogP contribution is -2.45. The van der Waals surface area contributed by atoms with E-state index in [1.54, 1.807) is 0 Å². The molecule has 3 atom stereocenters. The molecule has 2 rings (SSSR count). The Morgan fingerprint density at radius 1 is 1.20 bits per heavy atom. The van der Waals surface area contributed by atoms with Crippen LogP contribution in [0.15, 0.2) is 12.1 Å². The molecule has 20 heavy (non-hydrogen) atoms. The molecular formula is C15H21F3N2. The SMILES string of the molecule is CC1CCN(C(CN)c2cc(F)c(F)cc2F)C(C)C1. The van der Waals surface area contributed by atoms with Gasteiger partial charge in [0.1, 0.15) is 5.82 Å². The molecule has 1 saturated heterocycles. The minimum atomic E-state index is -1.16. The largest absolute Gasteiger partial charge is 0.329 e. The second-order valence-electron chi connectivity index (χ2n) is 5.76. The van der Waals surface area contributed by atoms with Gasteiger partial charge in [-0.1, -0.05) is 6.92 Å². The normalized spacial score (nSPS) is 25.7. The third-order valence-electron chi connectivity index (χ3n) is 4.21. The van der Waals surface area contributed by atoms with Crippen molar-refractivity contribution in [3.8, 4) is 0 Å². The number of hydrogen-bond donors (Lipinski definition) is 1. The maximum absolute atomic E-state index is 13.9. The van der Waals surface area contributed by atoms with Gasteiger partial charge >= 0.3 is 0 Å². The molecule has 0 aromatic heterocycles. The zero-order valence-electron chi connectivity index (χ0n) is 11.9. The number of hydrogen-bond acceptors (Lipinski definition) is 2. The predicted octanol–water partition coefficient (Wildman–Crippen LogP) is 3.22. The van der Waals surface area contributed by atoms with Crippen LogP contribution >= 0.6 is 0 Å². The second-order valence-corrected chi connectivity index (χ2v) is 5.76. The van der Waals surface area contributed by atoms with E-state index in [1.807, 2.05) is 0 Å². The first-order chi connectivity index (χ1) is 9.43. The Balaban J connectivity index is 2.30. The van der Waals surface area contributed by atoms with Gasteiger partial charge in [0, 0.05) is 24.2 Å². The fourth-order valence-corrected chi connectivity index (χ4v) is 3.12. The van der Waals surface area contributed by atoms with E-state index in [9.17, 15) is 13.2 Å². The molecule has 1 aliphatic heterocycles. The minimum Gasteiger partial charge on any atom is -0.329 e. The molecule has 1 fully saturated rings. The summed E-state index contributed by atoms with van der Waals surface area (Å²) in [5, 5.41) is 0. The maximum atomic E-state index is 13.9. The molecule has 112 valence electrons. The highest BCUT2D eigenvalue weighted by Gasteiger charge is 2.31. The number of benzene rings is 1. The third-order valence-corrected chi connectivity index (χ3v) is 4.21. The monoisotopic (exact) mass is 286 g/mol. The summed E-state index contributed by atoms with van der Waals surface area (Å²) in [6.07, 6.45) is 2.01. The van der Waals surface area contributed by atoms with E-state index in [0.29, 0.717) is 12.0 Å². The quantitative estimate of drug-likeness (QED) is 0.864. The summed E-state index contributed by atoms with van der Waals surface area (Å²) in [6.45, 7) is 5.23. The Morgan fingerprint density at radius 3 is 2.45 bits per heavy atom. The molecule has 2 N–H and O–H groups in total. The van der Waals surface area contributed by atoms with Gasteiger partial charge in [-0.15, -0.1) is 0 Å². The van der Waals surface area contributed by atoms with Gasteiger partial charge in [-0.25, -0.2) is 13.2 Å².